The standard InChI is InChI=1S/C13H14N2O3/c16-11-4-2-1-3-10(11)15-12(17)8-5-6-14-7-9(8)13(15)18/h5-7,10-11,16H,1-4H2. The minimum Gasteiger partial charge on any atom is -0.391 e. The number of aliphatic hydroxyl groups is 1. The van der Waals surface area contributed by atoms with Gasteiger partial charge in [0, 0.05) is 12.4 Å². The van der Waals surface area contributed by atoms with Crippen molar-refractivity contribution in [2.24, 2.45) is 0 Å². The van der Waals surface area contributed by atoms with Gasteiger partial charge in [-0.3, -0.25) is 19.5 Å². The number of carbonyl (C=O) groups is 2. The minimum absolute atomic E-state index is 0.302. The number of fused-ring (bicyclic) bond motifs is 1. The first-order valence-corrected chi connectivity index (χ1v) is 6.20. The van der Waals surface area contributed by atoms with Crippen LogP contribution in [0.15, 0.2) is 18.5 Å². The van der Waals surface area contributed by atoms with Gasteiger partial charge in [-0.25, -0.2) is 0 Å². The number of carbonyl (C=O) groups excluding carboxylic acids is 2. The van der Waals surface area contributed by atoms with Gasteiger partial charge in [0.1, 0.15) is 0 Å². The molecule has 5 nitrogen and oxygen atoms in total. The van der Waals surface area contributed by atoms with Gasteiger partial charge in [-0.2, -0.15) is 0 Å². The second kappa shape index (κ2) is 4.17. The molecule has 1 aromatic rings. The Morgan fingerprint density at radius 1 is 1.17 bits per heavy atom. The number of hydrogen-bond acceptors (Lipinski definition) is 4. The van der Waals surface area contributed by atoms with E-state index >= 15 is 0 Å². The van der Waals surface area contributed by atoms with Gasteiger partial charge in [0.05, 0.1) is 23.3 Å². The molecule has 2 unspecified atom stereocenters. The normalized spacial score (nSPS) is 27.5. The molecule has 94 valence electrons. The molecule has 1 N–H and O–H groups in total. The zero-order chi connectivity index (χ0) is 12.7. The van der Waals surface area contributed by atoms with Gasteiger partial charge >= 0.3 is 0 Å². The van der Waals surface area contributed by atoms with E-state index in [1.807, 2.05) is 0 Å². The van der Waals surface area contributed by atoms with Gasteiger partial charge in [-0.1, -0.05) is 12.8 Å². The van der Waals surface area contributed by atoms with Crippen molar-refractivity contribution in [2.75, 3.05) is 0 Å². The monoisotopic (exact) mass is 246 g/mol. The Morgan fingerprint density at radius 2 is 1.89 bits per heavy atom. The summed E-state index contributed by atoms with van der Waals surface area (Å²) in [7, 11) is 0. The van der Waals surface area contributed by atoms with Gasteiger partial charge in [-0.15, -0.1) is 0 Å². The zero-order valence-corrected chi connectivity index (χ0v) is 9.87. The largest absolute Gasteiger partial charge is 0.391 e. The smallest absolute Gasteiger partial charge is 0.263 e. The van der Waals surface area contributed by atoms with Crippen LogP contribution in [0.5, 0.6) is 0 Å². The van der Waals surface area contributed by atoms with Crippen LogP contribution in [0.1, 0.15) is 46.4 Å². The lowest BCUT2D eigenvalue weighted by molar-refractivity contribution is 0.0203. The maximum absolute atomic E-state index is 12.2. The molecule has 0 saturated heterocycles. The van der Waals surface area contributed by atoms with E-state index in [0.29, 0.717) is 24.0 Å². The molecule has 3 rings (SSSR count). The SMILES string of the molecule is O=C1c2ccncc2C(=O)N1C1CCCCC1O. The third-order valence-corrected chi connectivity index (χ3v) is 3.75. The molecule has 2 heterocycles. The summed E-state index contributed by atoms with van der Waals surface area (Å²) in [5, 5.41) is 9.98. The highest BCUT2D eigenvalue weighted by Gasteiger charge is 2.43. The summed E-state index contributed by atoms with van der Waals surface area (Å²) in [6.45, 7) is 0. The molecule has 5 heteroatoms. The average Bonchev–Trinajstić information content (AvgIpc) is 2.64. The number of hydrogen-bond donors (Lipinski definition) is 1. The van der Waals surface area contributed by atoms with Gasteiger partial charge in [-0.05, 0) is 18.9 Å². The molecular weight excluding hydrogens is 232 g/mol. The number of pyridine rings is 1. The molecule has 2 atom stereocenters. The van der Waals surface area contributed by atoms with E-state index in [1.165, 1.54) is 17.3 Å². The maximum Gasteiger partial charge on any atom is 0.263 e. The van der Waals surface area contributed by atoms with Crippen LogP contribution in [-0.2, 0) is 0 Å². The average molecular weight is 246 g/mol. The fourth-order valence-corrected chi connectivity index (χ4v) is 2.80. The van der Waals surface area contributed by atoms with Crippen molar-refractivity contribution in [1.29, 1.82) is 0 Å². The molecule has 1 aromatic heterocycles. The van der Waals surface area contributed by atoms with E-state index in [-0.39, 0.29) is 17.9 Å². The Kier molecular flexibility index (Phi) is 2.63. The van der Waals surface area contributed by atoms with Crippen LogP contribution in [-0.4, -0.2) is 39.0 Å². The first-order valence-electron chi connectivity index (χ1n) is 6.20. The summed E-state index contributed by atoms with van der Waals surface area (Å²) in [6.07, 6.45) is 5.54. The van der Waals surface area contributed by atoms with E-state index in [2.05, 4.69) is 4.98 Å². The fourth-order valence-electron chi connectivity index (χ4n) is 2.80. The lowest BCUT2D eigenvalue weighted by Crippen LogP contribution is -2.48. The molecule has 1 aliphatic heterocycles. The Morgan fingerprint density at radius 3 is 2.61 bits per heavy atom. The number of aromatic nitrogens is 1. The van der Waals surface area contributed by atoms with E-state index < -0.39 is 6.10 Å². The maximum atomic E-state index is 12.2. The second-order valence-electron chi connectivity index (χ2n) is 4.82. The van der Waals surface area contributed by atoms with Crippen molar-refractivity contribution in [1.82, 2.24) is 9.88 Å². The summed E-state index contributed by atoms with van der Waals surface area (Å²) in [4.78, 5) is 29.5. The topological polar surface area (TPSA) is 70.5 Å². The van der Waals surface area contributed by atoms with E-state index in [0.717, 1.165) is 12.8 Å². The lowest BCUT2D eigenvalue weighted by Gasteiger charge is -2.33. The highest BCUT2D eigenvalue weighted by Crippen LogP contribution is 2.30. The van der Waals surface area contributed by atoms with Crippen LogP contribution >= 0.6 is 0 Å². The van der Waals surface area contributed by atoms with Crippen LogP contribution in [0.4, 0.5) is 0 Å². The first-order chi connectivity index (χ1) is 8.70. The molecule has 1 fully saturated rings. The highest BCUT2D eigenvalue weighted by molar-refractivity contribution is 6.21. The summed E-state index contributed by atoms with van der Waals surface area (Å²) in [5.74, 6) is -0.627. The number of imide groups is 1. The molecule has 0 radical (unpaired) electrons. The fraction of sp³-hybridized carbons (Fsp3) is 0.462. The van der Waals surface area contributed by atoms with Crippen molar-refractivity contribution in [3.05, 3.63) is 29.6 Å². The van der Waals surface area contributed by atoms with E-state index in [9.17, 15) is 14.7 Å². The molecular formula is C13H14N2O3. The Bertz CT molecular complexity index is 480. The minimum atomic E-state index is -0.603. The number of aliphatic hydroxyl groups excluding tert-OH is 1. The predicted molar refractivity (Wildman–Crippen MR) is 63.0 cm³/mol. The molecule has 2 amide bonds. The van der Waals surface area contributed by atoms with Crippen LogP contribution in [0, 0.1) is 0 Å². The summed E-state index contributed by atoms with van der Waals surface area (Å²) in [5.41, 5.74) is 0.744. The quantitative estimate of drug-likeness (QED) is 0.750. The van der Waals surface area contributed by atoms with Crippen LogP contribution in [0.3, 0.4) is 0 Å². The van der Waals surface area contributed by atoms with Crippen LogP contribution in [0.25, 0.3) is 0 Å². The third kappa shape index (κ3) is 1.54. The predicted octanol–water partition coefficient (Wildman–Crippen LogP) is 0.981. The van der Waals surface area contributed by atoms with Gasteiger partial charge in [0.2, 0.25) is 0 Å². The van der Waals surface area contributed by atoms with Crippen molar-refractivity contribution in [3.63, 3.8) is 0 Å². The second-order valence-corrected chi connectivity index (χ2v) is 4.82. The van der Waals surface area contributed by atoms with Gasteiger partial charge < -0.3 is 5.11 Å². The Labute approximate surface area is 104 Å². The van der Waals surface area contributed by atoms with Crippen molar-refractivity contribution >= 4 is 11.8 Å². The van der Waals surface area contributed by atoms with Crippen molar-refractivity contribution < 1.29 is 14.7 Å². The molecule has 1 saturated carbocycles. The number of rotatable bonds is 1. The summed E-state index contributed by atoms with van der Waals surface area (Å²) < 4.78 is 0. The Hall–Kier alpha value is -1.75. The zero-order valence-electron chi connectivity index (χ0n) is 9.87. The van der Waals surface area contributed by atoms with Crippen molar-refractivity contribution in [3.8, 4) is 0 Å². The number of amides is 2. The summed E-state index contributed by atoms with van der Waals surface area (Å²) in [6, 6.07) is 1.18. The molecule has 18 heavy (non-hydrogen) atoms. The van der Waals surface area contributed by atoms with Crippen molar-refractivity contribution in [2.45, 2.75) is 37.8 Å². The third-order valence-electron chi connectivity index (χ3n) is 3.75. The molecule has 1 aliphatic carbocycles. The molecule has 0 spiro atoms. The molecule has 0 aromatic carbocycles. The first kappa shape index (κ1) is 11.3. The molecule has 0 bridgehead atoms. The number of nitrogens with zero attached hydrogens (tertiary/aromatic N) is 2. The van der Waals surface area contributed by atoms with E-state index in [1.54, 1.807) is 6.07 Å². The van der Waals surface area contributed by atoms with Gasteiger partial charge in [0.25, 0.3) is 11.8 Å². The van der Waals surface area contributed by atoms with Crippen LogP contribution in [0.2, 0.25) is 0 Å². The lowest BCUT2D eigenvalue weighted by atomic mass is 9.91. The molecule has 2 aliphatic rings. The summed E-state index contributed by atoms with van der Waals surface area (Å²) >= 11 is 0. The van der Waals surface area contributed by atoms with E-state index in [4.69, 9.17) is 0 Å². The Balaban J connectivity index is 1.96. The van der Waals surface area contributed by atoms with Crippen LogP contribution < -0.4 is 0 Å². The van der Waals surface area contributed by atoms with Gasteiger partial charge in [0.15, 0.2) is 0 Å². The highest BCUT2D eigenvalue weighted by atomic mass is 16.3.